The standard InChI is InChI=1S/C17H26/c1-4-14-9-8-12-16(13-14)17(2,3)15-10-6-5-7-11-15/h5-7,10-11,14,16H,4,8-9,12-13H2,1-3H3. The van der Waals surface area contributed by atoms with E-state index in [1.807, 2.05) is 0 Å². The van der Waals surface area contributed by atoms with Gasteiger partial charge in [0, 0.05) is 0 Å². The third-order valence-electron chi connectivity index (χ3n) is 4.90. The van der Waals surface area contributed by atoms with Crippen molar-refractivity contribution < 1.29 is 0 Å². The van der Waals surface area contributed by atoms with Gasteiger partial charge in [0.1, 0.15) is 0 Å². The van der Waals surface area contributed by atoms with Gasteiger partial charge in [-0.1, -0.05) is 70.4 Å². The van der Waals surface area contributed by atoms with E-state index in [0.717, 1.165) is 11.8 Å². The van der Waals surface area contributed by atoms with Gasteiger partial charge < -0.3 is 0 Å². The fourth-order valence-electron chi connectivity index (χ4n) is 3.42. The van der Waals surface area contributed by atoms with Gasteiger partial charge in [0.05, 0.1) is 0 Å². The first-order valence-corrected chi connectivity index (χ1v) is 7.20. The second-order valence-electron chi connectivity index (χ2n) is 6.23. The average molecular weight is 230 g/mol. The predicted molar refractivity (Wildman–Crippen MR) is 75.2 cm³/mol. The molecule has 0 N–H and O–H groups in total. The summed E-state index contributed by atoms with van der Waals surface area (Å²) in [5, 5.41) is 0. The maximum absolute atomic E-state index is 2.44. The van der Waals surface area contributed by atoms with Gasteiger partial charge in [0.2, 0.25) is 0 Å². The highest BCUT2D eigenvalue weighted by atomic mass is 14.4. The highest BCUT2D eigenvalue weighted by Gasteiger charge is 2.34. The van der Waals surface area contributed by atoms with Gasteiger partial charge in [-0.2, -0.15) is 0 Å². The number of hydrogen-bond acceptors (Lipinski definition) is 0. The summed E-state index contributed by atoms with van der Waals surface area (Å²) in [7, 11) is 0. The number of rotatable bonds is 3. The van der Waals surface area contributed by atoms with Crippen LogP contribution in [0.1, 0.15) is 58.4 Å². The molecular formula is C17H26. The van der Waals surface area contributed by atoms with Gasteiger partial charge in [0.25, 0.3) is 0 Å². The van der Waals surface area contributed by atoms with Crippen molar-refractivity contribution in [3.8, 4) is 0 Å². The third kappa shape index (κ3) is 2.73. The molecule has 2 atom stereocenters. The summed E-state index contributed by atoms with van der Waals surface area (Å²) in [6.07, 6.45) is 7.09. The first-order chi connectivity index (χ1) is 8.14. The molecule has 17 heavy (non-hydrogen) atoms. The highest BCUT2D eigenvalue weighted by Crippen LogP contribution is 2.43. The van der Waals surface area contributed by atoms with Crippen molar-refractivity contribution in [1.82, 2.24) is 0 Å². The van der Waals surface area contributed by atoms with Crippen LogP contribution in [0.25, 0.3) is 0 Å². The molecule has 0 aromatic heterocycles. The molecule has 0 radical (unpaired) electrons. The fraction of sp³-hybridized carbons (Fsp3) is 0.647. The summed E-state index contributed by atoms with van der Waals surface area (Å²) in [5.74, 6) is 1.83. The van der Waals surface area contributed by atoms with E-state index >= 15 is 0 Å². The monoisotopic (exact) mass is 230 g/mol. The van der Waals surface area contributed by atoms with Gasteiger partial charge >= 0.3 is 0 Å². The van der Waals surface area contributed by atoms with Crippen LogP contribution in [0.5, 0.6) is 0 Å². The maximum Gasteiger partial charge on any atom is -0.00752 e. The largest absolute Gasteiger partial charge is 0.0651 e. The van der Waals surface area contributed by atoms with Crippen molar-refractivity contribution in [3.63, 3.8) is 0 Å². The van der Waals surface area contributed by atoms with Crippen molar-refractivity contribution in [1.29, 1.82) is 0 Å². The lowest BCUT2D eigenvalue weighted by Crippen LogP contribution is -2.32. The molecule has 1 aromatic rings. The Morgan fingerprint density at radius 3 is 2.47 bits per heavy atom. The van der Waals surface area contributed by atoms with Gasteiger partial charge in [-0.05, 0) is 35.7 Å². The molecule has 1 saturated carbocycles. The minimum Gasteiger partial charge on any atom is -0.0651 e. The number of benzene rings is 1. The Balaban J connectivity index is 2.15. The molecule has 0 bridgehead atoms. The second-order valence-corrected chi connectivity index (χ2v) is 6.23. The zero-order valence-corrected chi connectivity index (χ0v) is 11.6. The lowest BCUT2D eigenvalue weighted by atomic mass is 9.65. The Morgan fingerprint density at radius 2 is 1.82 bits per heavy atom. The van der Waals surface area contributed by atoms with Crippen molar-refractivity contribution >= 4 is 0 Å². The Kier molecular flexibility index (Phi) is 3.91. The summed E-state index contributed by atoms with van der Waals surface area (Å²) in [6.45, 7) is 7.22. The van der Waals surface area contributed by atoms with Crippen molar-refractivity contribution in [2.75, 3.05) is 0 Å². The van der Waals surface area contributed by atoms with Crippen molar-refractivity contribution in [2.24, 2.45) is 11.8 Å². The molecule has 0 nitrogen and oxygen atoms in total. The molecule has 2 unspecified atom stereocenters. The molecule has 0 spiro atoms. The van der Waals surface area contributed by atoms with Crippen LogP contribution in [0.4, 0.5) is 0 Å². The van der Waals surface area contributed by atoms with Crippen molar-refractivity contribution in [3.05, 3.63) is 35.9 Å². The summed E-state index contributed by atoms with van der Waals surface area (Å²) in [5.41, 5.74) is 1.86. The molecule has 1 aromatic carbocycles. The van der Waals surface area contributed by atoms with Crippen LogP contribution >= 0.6 is 0 Å². The molecule has 1 aliphatic carbocycles. The molecule has 1 aliphatic rings. The van der Waals surface area contributed by atoms with E-state index in [2.05, 4.69) is 51.1 Å². The number of hydrogen-bond donors (Lipinski definition) is 0. The zero-order chi connectivity index (χ0) is 12.3. The molecule has 0 saturated heterocycles. The summed E-state index contributed by atoms with van der Waals surface area (Å²) in [4.78, 5) is 0. The van der Waals surface area contributed by atoms with E-state index in [-0.39, 0.29) is 0 Å². The van der Waals surface area contributed by atoms with Gasteiger partial charge in [-0.25, -0.2) is 0 Å². The van der Waals surface area contributed by atoms with Gasteiger partial charge in [-0.3, -0.25) is 0 Å². The minimum absolute atomic E-state index is 0.342. The van der Waals surface area contributed by atoms with Crippen molar-refractivity contribution in [2.45, 2.75) is 58.3 Å². The third-order valence-corrected chi connectivity index (χ3v) is 4.90. The molecule has 0 aliphatic heterocycles. The topological polar surface area (TPSA) is 0 Å². The molecule has 0 amide bonds. The molecule has 0 heteroatoms. The molecule has 1 fully saturated rings. The van der Waals surface area contributed by atoms with E-state index in [1.54, 1.807) is 0 Å². The lowest BCUT2D eigenvalue weighted by molar-refractivity contribution is 0.182. The smallest absolute Gasteiger partial charge is 0.00752 e. The van der Waals surface area contributed by atoms with E-state index in [9.17, 15) is 0 Å². The van der Waals surface area contributed by atoms with E-state index in [0.29, 0.717) is 5.41 Å². The Labute approximate surface area is 106 Å². The van der Waals surface area contributed by atoms with Crippen LogP contribution in [0.15, 0.2) is 30.3 Å². The van der Waals surface area contributed by atoms with Gasteiger partial charge in [-0.15, -0.1) is 0 Å². The quantitative estimate of drug-likeness (QED) is 0.671. The fourth-order valence-corrected chi connectivity index (χ4v) is 3.42. The minimum atomic E-state index is 0.342. The molecule has 94 valence electrons. The average Bonchev–Trinajstić information content (AvgIpc) is 2.40. The lowest BCUT2D eigenvalue weighted by Gasteiger charge is -2.40. The molecule has 0 heterocycles. The summed E-state index contributed by atoms with van der Waals surface area (Å²) in [6, 6.07) is 11.1. The normalized spacial score (nSPS) is 25.8. The Morgan fingerprint density at radius 1 is 1.12 bits per heavy atom. The zero-order valence-electron chi connectivity index (χ0n) is 11.6. The first-order valence-electron chi connectivity index (χ1n) is 7.20. The van der Waals surface area contributed by atoms with Crippen LogP contribution < -0.4 is 0 Å². The van der Waals surface area contributed by atoms with Crippen LogP contribution in [0.3, 0.4) is 0 Å². The van der Waals surface area contributed by atoms with E-state index in [4.69, 9.17) is 0 Å². The SMILES string of the molecule is CCC1CCCC(C(C)(C)c2ccccc2)C1. The molecular weight excluding hydrogens is 204 g/mol. The highest BCUT2D eigenvalue weighted by molar-refractivity contribution is 5.24. The second kappa shape index (κ2) is 5.25. The first kappa shape index (κ1) is 12.7. The van der Waals surface area contributed by atoms with Crippen LogP contribution in [0.2, 0.25) is 0 Å². The van der Waals surface area contributed by atoms with Crippen LogP contribution in [0, 0.1) is 11.8 Å². The molecule has 2 rings (SSSR count). The van der Waals surface area contributed by atoms with Crippen LogP contribution in [-0.4, -0.2) is 0 Å². The van der Waals surface area contributed by atoms with Gasteiger partial charge in [0.15, 0.2) is 0 Å². The summed E-state index contributed by atoms with van der Waals surface area (Å²) < 4.78 is 0. The maximum atomic E-state index is 2.44. The Bertz CT molecular complexity index is 336. The van der Waals surface area contributed by atoms with E-state index in [1.165, 1.54) is 37.7 Å². The predicted octanol–water partition coefficient (Wildman–Crippen LogP) is 5.18. The van der Waals surface area contributed by atoms with Crippen LogP contribution in [-0.2, 0) is 5.41 Å². The Hall–Kier alpha value is -0.780. The summed E-state index contributed by atoms with van der Waals surface area (Å²) >= 11 is 0. The van der Waals surface area contributed by atoms with E-state index < -0.39 is 0 Å².